The van der Waals surface area contributed by atoms with Crippen LogP contribution in [0.4, 0.5) is 0 Å². The van der Waals surface area contributed by atoms with Crippen molar-refractivity contribution >= 4 is 33.4 Å². The lowest BCUT2D eigenvalue weighted by atomic mass is 9.89. The van der Waals surface area contributed by atoms with E-state index in [0.717, 1.165) is 84.9 Å². The highest BCUT2D eigenvalue weighted by Crippen LogP contribution is 2.34. The molecule has 2 aliphatic rings. The van der Waals surface area contributed by atoms with Crippen molar-refractivity contribution in [3.8, 4) is 0 Å². The van der Waals surface area contributed by atoms with E-state index < -0.39 is 11.1 Å². The molecule has 6 heteroatoms. The summed E-state index contributed by atoms with van der Waals surface area (Å²) in [7, 11) is 0. The molecule has 2 aromatic carbocycles. The van der Waals surface area contributed by atoms with E-state index in [-0.39, 0.29) is 11.6 Å². The number of aromatic nitrogens is 1. The molecule has 0 saturated carbocycles. The van der Waals surface area contributed by atoms with Gasteiger partial charge in [0.2, 0.25) is 0 Å². The van der Waals surface area contributed by atoms with E-state index in [9.17, 15) is 9.59 Å². The van der Waals surface area contributed by atoms with Crippen molar-refractivity contribution in [2.45, 2.75) is 110 Å². The van der Waals surface area contributed by atoms with Crippen LogP contribution in [0.5, 0.6) is 0 Å². The smallest absolute Gasteiger partial charge is 0.182 e. The third-order valence-corrected chi connectivity index (χ3v) is 10.2. The van der Waals surface area contributed by atoms with Crippen LogP contribution in [0.3, 0.4) is 0 Å². The molecule has 0 unspecified atom stereocenters. The summed E-state index contributed by atoms with van der Waals surface area (Å²) < 4.78 is 7.94. The van der Waals surface area contributed by atoms with Crippen molar-refractivity contribution < 1.29 is 14.3 Å². The number of hydrogen-bond acceptors (Lipinski definition) is 5. The van der Waals surface area contributed by atoms with Crippen LogP contribution in [0.1, 0.15) is 113 Å². The van der Waals surface area contributed by atoms with Gasteiger partial charge < -0.3 is 9.30 Å². The molecule has 0 atom stereocenters. The van der Waals surface area contributed by atoms with Crippen LogP contribution in [-0.4, -0.2) is 76.4 Å². The second kappa shape index (κ2) is 13.6. The number of piperidine rings is 1. The summed E-state index contributed by atoms with van der Waals surface area (Å²) >= 11 is 0. The molecule has 0 N–H and O–H groups in total. The number of benzene rings is 2. The summed E-state index contributed by atoms with van der Waals surface area (Å²) in [6, 6.07) is 12.5. The van der Waals surface area contributed by atoms with Gasteiger partial charge in [0.15, 0.2) is 11.6 Å². The van der Waals surface area contributed by atoms with Crippen LogP contribution < -0.4 is 0 Å². The summed E-state index contributed by atoms with van der Waals surface area (Å²) in [5.41, 5.74) is 2.58. The molecule has 0 amide bonds. The van der Waals surface area contributed by atoms with Crippen molar-refractivity contribution in [3.05, 3.63) is 47.5 Å². The van der Waals surface area contributed by atoms with Crippen molar-refractivity contribution in [1.82, 2.24) is 14.4 Å². The molecule has 3 aromatic rings. The van der Waals surface area contributed by atoms with Gasteiger partial charge in [-0.3, -0.25) is 19.4 Å². The highest BCUT2D eigenvalue weighted by Gasteiger charge is 2.37. The number of fused-ring (bicyclic) bond motifs is 3. The van der Waals surface area contributed by atoms with Crippen molar-refractivity contribution in [3.63, 3.8) is 0 Å². The Labute approximate surface area is 258 Å². The van der Waals surface area contributed by atoms with Gasteiger partial charge in [-0.25, -0.2) is 0 Å². The summed E-state index contributed by atoms with van der Waals surface area (Å²) in [6.07, 6.45) is 10.9. The fourth-order valence-electron chi connectivity index (χ4n) is 7.24. The molecular formula is C37H53N3O3. The predicted molar refractivity (Wildman–Crippen MR) is 177 cm³/mol. The van der Waals surface area contributed by atoms with Crippen molar-refractivity contribution in [1.29, 1.82) is 0 Å². The quantitative estimate of drug-likeness (QED) is 0.150. The van der Waals surface area contributed by atoms with E-state index in [0.29, 0.717) is 13.2 Å². The Morgan fingerprint density at radius 3 is 1.70 bits per heavy atom. The zero-order valence-corrected chi connectivity index (χ0v) is 27.3. The fraction of sp³-hybridized carbons (Fsp3) is 0.622. The fourth-order valence-corrected chi connectivity index (χ4v) is 7.24. The van der Waals surface area contributed by atoms with E-state index >= 15 is 0 Å². The molecule has 0 aliphatic carbocycles. The predicted octanol–water partition coefficient (Wildman–Crippen LogP) is 7.90. The Morgan fingerprint density at radius 1 is 0.674 bits per heavy atom. The van der Waals surface area contributed by atoms with Crippen LogP contribution in [-0.2, 0) is 11.3 Å². The Balaban J connectivity index is 1.51. The lowest BCUT2D eigenvalue weighted by Gasteiger charge is -2.39. The monoisotopic (exact) mass is 587 g/mol. The zero-order chi connectivity index (χ0) is 30.6. The molecule has 2 saturated heterocycles. The highest BCUT2D eigenvalue weighted by atomic mass is 16.5. The third kappa shape index (κ3) is 6.62. The number of rotatable bonds is 13. The van der Waals surface area contributed by atoms with E-state index in [1.807, 2.05) is 26.0 Å². The Bertz CT molecular complexity index is 1320. The van der Waals surface area contributed by atoms with Gasteiger partial charge in [0.1, 0.15) is 0 Å². The first-order chi connectivity index (χ1) is 20.7. The topological polar surface area (TPSA) is 54.8 Å². The van der Waals surface area contributed by atoms with Gasteiger partial charge in [-0.15, -0.1) is 0 Å². The number of carbonyl (C=O) groups is 2. The molecule has 0 spiro atoms. The molecule has 6 nitrogen and oxygen atoms in total. The summed E-state index contributed by atoms with van der Waals surface area (Å²) in [5, 5.41) is 2.30. The number of carbonyl (C=O) groups excluding carboxylic acids is 2. The maximum Gasteiger partial charge on any atom is 0.182 e. The maximum absolute atomic E-state index is 14.0. The number of unbranched alkanes of at least 4 members (excludes halogenated alkanes) is 5. The van der Waals surface area contributed by atoms with Gasteiger partial charge in [0.05, 0.1) is 24.3 Å². The van der Waals surface area contributed by atoms with E-state index in [1.54, 1.807) is 0 Å². The van der Waals surface area contributed by atoms with Crippen molar-refractivity contribution in [2.75, 3.05) is 39.4 Å². The van der Waals surface area contributed by atoms with Gasteiger partial charge in [-0.05, 0) is 72.2 Å². The molecule has 0 radical (unpaired) electrons. The first kappa shape index (κ1) is 31.9. The molecule has 2 aliphatic heterocycles. The van der Waals surface area contributed by atoms with E-state index in [4.69, 9.17) is 4.74 Å². The summed E-state index contributed by atoms with van der Waals surface area (Å²) in [4.78, 5) is 32.6. The van der Waals surface area contributed by atoms with Gasteiger partial charge in [-0.2, -0.15) is 0 Å². The Morgan fingerprint density at radius 2 is 1.16 bits per heavy atom. The zero-order valence-electron chi connectivity index (χ0n) is 27.3. The maximum atomic E-state index is 14.0. The molecule has 2 fully saturated rings. The van der Waals surface area contributed by atoms with Gasteiger partial charge in [0.25, 0.3) is 0 Å². The number of Topliss-reactive ketones (excluding diaryl/α,β-unsaturated/α-hetero) is 2. The lowest BCUT2D eigenvalue weighted by molar-refractivity contribution is -0.00429. The van der Waals surface area contributed by atoms with E-state index in [2.05, 4.69) is 59.4 Å². The van der Waals surface area contributed by atoms with Crippen LogP contribution in [0, 0.1) is 0 Å². The second-order valence-corrected chi connectivity index (χ2v) is 13.8. The molecule has 3 heterocycles. The Hall–Kier alpha value is -2.54. The largest absolute Gasteiger partial charge is 0.379 e. The number of likely N-dealkylation sites (tertiary alicyclic amines) is 1. The SMILES string of the molecule is CCCCCCCCn1c2cc(C(=O)C(C)(C)N3CCCCC3)ccc2c2ccc(C(=O)C(C)(C)N3CCOCC3)cc21. The van der Waals surface area contributed by atoms with Gasteiger partial charge >= 0.3 is 0 Å². The minimum atomic E-state index is -0.604. The molecular weight excluding hydrogens is 534 g/mol. The van der Waals surface area contributed by atoms with E-state index in [1.165, 1.54) is 38.5 Å². The standard InChI is InChI=1S/C37H53N3O3/c1-6-7-8-9-10-14-21-40-32-26-28(34(41)36(2,3)38-19-12-11-13-20-38)15-17-30(32)31-18-16-29(27-33(31)40)35(42)37(4,5)39-22-24-43-25-23-39/h15-18,26-27H,6-14,19-25H2,1-5H3. The first-order valence-corrected chi connectivity index (χ1v) is 16.9. The number of ether oxygens (including phenoxy) is 1. The van der Waals surface area contributed by atoms with Crippen molar-refractivity contribution in [2.24, 2.45) is 0 Å². The molecule has 0 bridgehead atoms. The van der Waals surface area contributed by atoms with Gasteiger partial charge in [0, 0.05) is 52.6 Å². The number of ketones is 2. The first-order valence-electron chi connectivity index (χ1n) is 16.9. The molecule has 234 valence electrons. The number of nitrogens with zero attached hydrogens (tertiary/aromatic N) is 3. The number of aryl methyl sites for hydroxylation is 1. The van der Waals surface area contributed by atoms with Gasteiger partial charge in [-0.1, -0.05) is 69.7 Å². The summed E-state index contributed by atoms with van der Waals surface area (Å²) in [6.45, 7) is 16.2. The molecule has 43 heavy (non-hydrogen) atoms. The summed E-state index contributed by atoms with van der Waals surface area (Å²) in [5.74, 6) is 0.336. The highest BCUT2D eigenvalue weighted by molar-refractivity contribution is 6.13. The van der Waals surface area contributed by atoms with Crippen LogP contribution in [0.2, 0.25) is 0 Å². The minimum Gasteiger partial charge on any atom is -0.379 e. The normalized spacial score (nSPS) is 17.6. The van der Waals surface area contributed by atoms with Crippen LogP contribution in [0.25, 0.3) is 21.8 Å². The average Bonchev–Trinajstić information content (AvgIpc) is 3.34. The number of morpholine rings is 1. The lowest BCUT2D eigenvalue weighted by Crippen LogP contribution is -2.54. The number of hydrogen-bond donors (Lipinski definition) is 0. The molecule has 1 aromatic heterocycles. The van der Waals surface area contributed by atoms with Crippen LogP contribution in [0.15, 0.2) is 36.4 Å². The molecule has 5 rings (SSSR count). The van der Waals surface area contributed by atoms with Crippen LogP contribution >= 0.6 is 0 Å². The third-order valence-electron chi connectivity index (χ3n) is 10.2. The Kier molecular flexibility index (Phi) is 10.1. The average molecular weight is 588 g/mol. The minimum absolute atomic E-state index is 0.145. The second-order valence-electron chi connectivity index (χ2n) is 13.8.